The van der Waals surface area contributed by atoms with E-state index in [2.05, 4.69) is 10.3 Å². The van der Waals surface area contributed by atoms with Gasteiger partial charge < -0.3 is 14.8 Å². The molecule has 3 rings (SSSR count). The van der Waals surface area contributed by atoms with E-state index in [1.165, 1.54) is 6.20 Å². The van der Waals surface area contributed by atoms with Gasteiger partial charge in [-0.25, -0.2) is 0 Å². The van der Waals surface area contributed by atoms with Crippen molar-refractivity contribution in [3.05, 3.63) is 54.4 Å². The van der Waals surface area contributed by atoms with Crippen LogP contribution >= 0.6 is 0 Å². The topological polar surface area (TPSA) is 60.5 Å². The highest BCUT2D eigenvalue weighted by atomic mass is 16.6. The van der Waals surface area contributed by atoms with E-state index in [-0.39, 0.29) is 12.0 Å². The third-order valence-electron chi connectivity index (χ3n) is 2.98. The van der Waals surface area contributed by atoms with Crippen molar-refractivity contribution in [1.82, 2.24) is 10.3 Å². The van der Waals surface area contributed by atoms with Crippen LogP contribution in [0, 0.1) is 0 Å². The Bertz CT molecular complexity index is 601. The van der Waals surface area contributed by atoms with Gasteiger partial charge in [0.2, 0.25) is 0 Å². The molecule has 5 heteroatoms. The first-order valence-corrected chi connectivity index (χ1v) is 6.39. The maximum atomic E-state index is 11.9. The van der Waals surface area contributed by atoms with Gasteiger partial charge in [-0.1, -0.05) is 12.1 Å². The molecule has 1 aliphatic heterocycles. The van der Waals surface area contributed by atoms with Gasteiger partial charge >= 0.3 is 0 Å². The number of amides is 1. The smallest absolute Gasteiger partial charge is 0.252 e. The second kappa shape index (κ2) is 5.61. The van der Waals surface area contributed by atoms with Crippen LogP contribution in [0.3, 0.4) is 0 Å². The molecule has 1 aliphatic rings. The molecule has 1 aromatic carbocycles. The number of hydrogen-bond donors (Lipinski definition) is 1. The molecule has 102 valence electrons. The zero-order valence-corrected chi connectivity index (χ0v) is 10.8. The largest absolute Gasteiger partial charge is 0.486 e. The summed E-state index contributed by atoms with van der Waals surface area (Å²) in [5, 5.41) is 2.82. The second-order valence-electron chi connectivity index (χ2n) is 4.45. The molecule has 1 aromatic heterocycles. The Kier molecular flexibility index (Phi) is 3.50. The molecule has 0 saturated heterocycles. The summed E-state index contributed by atoms with van der Waals surface area (Å²) in [5.74, 6) is 1.28. The van der Waals surface area contributed by atoms with Gasteiger partial charge in [-0.3, -0.25) is 9.78 Å². The van der Waals surface area contributed by atoms with Crippen molar-refractivity contribution in [3.63, 3.8) is 0 Å². The Morgan fingerprint density at radius 1 is 1.25 bits per heavy atom. The summed E-state index contributed by atoms with van der Waals surface area (Å²) in [5.41, 5.74) is 0.532. The van der Waals surface area contributed by atoms with E-state index in [0.717, 1.165) is 5.75 Å². The van der Waals surface area contributed by atoms with Crippen molar-refractivity contribution < 1.29 is 14.3 Å². The number of carbonyl (C=O) groups excluding carboxylic acids is 1. The van der Waals surface area contributed by atoms with Gasteiger partial charge in [0.25, 0.3) is 5.91 Å². The Hall–Kier alpha value is -2.56. The van der Waals surface area contributed by atoms with Crippen molar-refractivity contribution in [1.29, 1.82) is 0 Å². The molecule has 0 bridgehead atoms. The molecule has 1 N–H and O–H groups in total. The van der Waals surface area contributed by atoms with E-state index in [0.29, 0.717) is 24.5 Å². The quantitative estimate of drug-likeness (QED) is 0.921. The molecule has 1 atom stereocenters. The zero-order chi connectivity index (χ0) is 13.8. The van der Waals surface area contributed by atoms with Gasteiger partial charge in [-0.15, -0.1) is 0 Å². The average Bonchev–Trinajstić information content (AvgIpc) is 2.53. The van der Waals surface area contributed by atoms with Gasteiger partial charge in [0.1, 0.15) is 12.7 Å². The normalized spacial score (nSPS) is 16.5. The molecule has 0 spiro atoms. The number of nitrogens with one attached hydrogen (secondary N) is 1. The van der Waals surface area contributed by atoms with E-state index in [1.807, 2.05) is 24.3 Å². The number of ether oxygens (including phenoxy) is 2. The SMILES string of the molecule is O=C(NC[C@H]1COc2ccccc2O1)c1cccnc1. The molecule has 0 unspecified atom stereocenters. The fourth-order valence-electron chi connectivity index (χ4n) is 1.97. The van der Waals surface area contributed by atoms with Gasteiger partial charge in [-0.05, 0) is 24.3 Å². The molecule has 20 heavy (non-hydrogen) atoms. The molecule has 0 saturated carbocycles. The van der Waals surface area contributed by atoms with Crippen LogP contribution in [0.1, 0.15) is 10.4 Å². The van der Waals surface area contributed by atoms with Crippen LogP contribution in [-0.4, -0.2) is 30.1 Å². The monoisotopic (exact) mass is 270 g/mol. The van der Waals surface area contributed by atoms with Gasteiger partial charge in [-0.2, -0.15) is 0 Å². The molecule has 1 amide bonds. The number of aromatic nitrogens is 1. The average molecular weight is 270 g/mol. The van der Waals surface area contributed by atoms with Gasteiger partial charge in [0, 0.05) is 12.4 Å². The van der Waals surface area contributed by atoms with Crippen molar-refractivity contribution >= 4 is 5.91 Å². The standard InChI is InChI=1S/C15H14N2O3/c18-15(11-4-3-7-16-8-11)17-9-12-10-19-13-5-1-2-6-14(13)20-12/h1-8,12H,9-10H2,(H,17,18)/t12-/m0/s1. The summed E-state index contributed by atoms with van der Waals surface area (Å²) in [6, 6.07) is 10.9. The van der Waals surface area contributed by atoms with E-state index < -0.39 is 0 Å². The predicted octanol–water partition coefficient (Wildman–Crippen LogP) is 1.65. The summed E-state index contributed by atoms with van der Waals surface area (Å²) >= 11 is 0. The highest BCUT2D eigenvalue weighted by molar-refractivity contribution is 5.93. The molecule has 0 fully saturated rings. The van der Waals surface area contributed by atoms with Crippen LogP contribution in [0.5, 0.6) is 11.5 Å². The number of rotatable bonds is 3. The lowest BCUT2D eigenvalue weighted by Crippen LogP contribution is -2.40. The lowest BCUT2D eigenvalue weighted by Gasteiger charge is -2.26. The Labute approximate surface area is 116 Å². The lowest BCUT2D eigenvalue weighted by atomic mass is 10.2. The Morgan fingerprint density at radius 2 is 2.10 bits per heavy atom. The first kappa shape index (κ1) is 12.5. The fraction of sp³-hybridized carbons (Fsp3) is 0.200. The van der Waals surface area contributed by atoms with Crippen LogP contribution in [0.25, 0.3) is 0 Å². The Balaban J connectivity index is 1.57. The first-order valence-electron chi connectivity index (χ1n) is 6.39. The molecule has 0 aliphatic carbocycles. The minimum absolute atomic E-state index is 0.166. The van der Waals surface area contributed by atoms with Crippen molar-refractivity contribution in [3.8, 4) is 11.5 Å². The molecule has 0 radical (unpaired) electrons. The van der Waals surface area contributed by atoms with Crippen LogP contribution in [0.15, 0.2) is 48.8 Å². The maximum absolute atomic E-state index is 11.9. The third kappa shape index (κ3) is 2.71. The van der Waals surface area contributed by atoms with E-state index >= 15 is 0 Å². The van der Waals surface area contributed by atoms with E-state index in [1.54, 1.807) is 18.3 Å². The van der Waals surface area contributed by atoms with Crippen molar-refractivity contribution in [2.45, 2.75) is 6.10 Å². The lowest BCUT2D eigenvalue weighted by molar-refractivity contribution is 0.0789. The van der Waals surface area contributed by atoms with E-state index in [9.17, 15) is 4.79 Å². The van der Waals surface area contributed by atoms with Gasteiger partial charge in [0.15, 0.2) is 11.5 Å². The van der Waals surface area contributed by atoms with Crippen molar-refractivity contribution in [2.24, 2.45) is 0 Å². The number of nitrogens with zero attached hydrogens (tertiary/aromatic N) is 1. The fourth-order valence-corrected chi connectivity index (χ4v) is 1.97. The summed E-state index contributed by atoms with van der Waals surface area (Å²) in [7, 11) is 0. The molecule has 2 aromatic rings. The second-order valence-corrected chi connectivity index (χ2v) is 4.45. The summed E-state index contributed by atoms with van der Waals surface area (Å²) < 4.78 is 11.3. The zero-order valence-electron chi connectivity index (χ0n) is 10.8. The highest BCUT2D eigenvalue weighted by Crippen LogP contribution is 2.30. The number of benzene rings is 1. The molecular formula is C15H14N2O3. The third-order valence-corrected chi connectivity index (χ3v) is 2.98. The van der Waals surface area contributed by atoms with Crippen LogP contribution in [0.2, 0.25) is 0 Å². The van der Waals surface area contributed by atoms with Crippen molar-refractivity contribution in [2.75, 3.05) is 13.2 Å². The number of pyridine rings is 1. The molecule has 2 heterocycles. The minimum atomic E-state index is -0.189. The summed E-state index contributed by atoms with van der Waals surface area (Å²) in [4.78, 5) is 15.8. The van der Waals surface area contributed by atoms with Gasteiger partial charge in [0.05, 0.1) is 12.1 Å². The number of fused-ring (bicyclic) bond motifs is 1. The summed E-state index contributed by atoms with van der Waals surface area (Å²) in [6.07, 6.45) is 2.97. The van der Waals surface area contributed by atoms with E-state index in [4.69, 9.17) is 9.47 Å². The highest BCUT2D eigenvalue weighted by Gasteiger charge is 2.21. The van der Waals surface area contributed by atoms with Crippen LogP contribution in [-0.2, 0) is 0 Å². The molecule has 5 nitrogen and oxygen atoms in total. The first-order chi connectivity index (χ1) is 9.83. The minimum Gasteiger partial charge on any atom is -0.486 e. The number of carbonyl (C=O) groups is 1. The maximum Gasteiger partial charge on any atom is 0.252 e. The van der Waals surface area contributed by atoms with Crippen LogP contribution in [0.4, 0.5) is 0 Å². The number of hydrogen-bond acceptors (Lipinski definition) is 4. The molecular weight excluding hydrogens is 256 g/mol. The van der Waals surface area contributed by atoms with Crippen LogP contribution < -0.4 is 14.8 Å². The number of para-hydroxylation sites is 2. The summed E-state index contributed by atoms with van der Waals surface area (Å²) in [6.45, 7) is 0.812. The predicted molar refractivity (Wildman–Crippen MR) is 72.9 cm³/mol. The Morgan fingerprint density at radius 3 is 2.90 bits per heavy atom.